The molecule has 2 heteroatoms. The highest BCUT2D eigenvalue weighted by Gasteiger charge is 2.03. The van der Waals surface area contributed by atoms with E-state index in [2.05, 4.69) is 49.1 Å². The number of unbranched alkanes of at least 4 members (excludes halogenated alkanes) is 1. The van der Waals surface area contributed by atoms with Crippen molar-refractivity contribution >= 4 is 12.4 Å². The van der Waals surface area contributed by atoms with Gasteiger partial charge in [-0.3, -0.25) is 4.90 Å². The SMILES string of the molecule is CCCCN(CCC)Cc1ccccc1.Cl. The number of benzene rings is 1. The number of hydrogen-bond acceptors (Lipinski definition) is 1. The fourth-order valence-electron chi connectivity index (χ4n) is 1.81. The molecular formula is C14H24ClN. The molecule has 0 saturated carbocycles. The quantitative estimate of drug-likeness (QED) is 0.694. The fourth-order valence-corrected chi connectivity index (χ4v) is 1.81. The summed E-state index contributed by atoms with van der Waals surface area (Å²) in [4.78, 5) is 2.55. The Morgan fingerprint density at radius 2 is 1.62 bits per heavy atom. The van der Waals surface area contributed by atoms with Crippen molar-refractivity contribution in [3.8, 4) is 0 Å². The van der Waals surface area contributed by atoms with Gasteiger partial charge in [0.1, 0.15) is 0 Å². The Bertz CT molecular complexity index is 248. The van der Waals surface area contributed by atoms with Gasteiger partial charge in [0, 0.05) is 6.54 Å². The molecule has 0 aliphatic rings. The van der Waals surface area contributed by atoms with Gasteiger partial charge in [-0.15, -0.1) is 12.4 Å². The van der Waals surface area contributed by atoms with Crippen LogP contribution in [0.3, 0.4) is 0 Å². The van der Waals surface area contributed by atoms with Gasteiger partial charge in [0.15, 0.2) is 0 Å². The third-order valence-electron chi connectivity index (χ3n) is 2.62. The average molecular weight is 242 g/mol. The summed E-state index contributed by atoms with van der Waals surface area (Å²) in [5.41, 5.74) is 1.43. The first-order valence-electron chi connectivity index (χ1n) is 6.13. The predicted octanol–water partition coefficient (Wildman–Crippen LogP) is 4.12. The average Bonchev–Trinajstić information content (AvgIpc) is 2.28. The van der Waals surface area contributed by atoms with Crippen LogP contribution in [-0.2, 0) is 6.54 Å². The maximum absolute atomic E-state index is 2.55. The molecule has 92 valence electrons. The normalized spacial score (nSPS) is 10.2. The van der Waals surface area contributed by atoms with Gasteiger partial charge in [-0.05, 0) is 31.5 Å². The van der Waals surface area contributed by atoms with Gasteiger partial charge >= 0.3 is 0 Å². The van der Waals surface area contributed by atoms with Gasteiger partial charge < -0.3 is 0 Å². The van der Waals surface area contributed by atoms with Crippen LogP contribution in [-0.4, -0.2) is 18.0 Å². The zero-order valence-corrected chi connectivity index (χ0v) is 11.3. The third kappa shape index (κ3) is 6.14. The van der Waals surface area contributed by atoms with E-state index >= 15 is 0 Å². The second-order valence-corrected chi connectivity index (χ2v) is 4.12. The fraction of sp³-hybridized carbons (Fsp3) is 0.571. The molecule has 0 aromatic heterocycles. The highest BCUT2D eigenvalue weighted by atomic mass is 35.5. The lowest BCUT2D eigenvalue weighted by Gasteiger charge is -2.21. The Hall–Kier alpha value is -0.530. The van der Waals surface area contributed by atoms with E-state index in [1.54, 1.807) is 0 Å². The highest BCUT2D eigenvalue weighted by molar-refractivity contribution is 5.85. The molecule has 1 aromatic carbocycles. The van der Waals surface area contributed by atoms with Crippen molar-refractivity contribution in [1.82, 2.24) is 4.90 Å². The Kier molecular flexibility index (Phi) is 9.36. The predicted molar refractivity (Wildman–Crippen MR) is 74.2 cm³/mol. The Balaban J connectivity index is 0.00000225. The van der Waals surface area contributed by atoms with Gasteiger partial charge in [-0.25, -0.2) is 0 Å². The smallest absolute Gasteiger partial charge is 0.0233 e. The first kappa shape index (κ1) is 15.5. The van der Waals surface area contributed by atoms with Crippen molar-refractivity contribution in [1.29, 1.82) is 0 Å². The van der Waals surface area contributed by atoms with Crippen LogP contribution < -0.4 is 0 Å². The molecule has 0 atom stereocenters. The molecule has 1 nitrogen and oxygen atoms in total. The van der Waals surface area contributed by atoms with E-state index in [1.165, 1.54) is 37.9 Å². The standard InChI is InChI=1S/C14H23N.ClH/c1-3-5-12-15(11-4-2)13-14-9-7-6-8-10-14;/h6-10H,3-5,11-13H2,1-2H3;1H. The van der Waals surface area contributed by atoms with Gasteiger partial charge in [0.25, 0.3) is 0 Å². The van der Waals surface area contributed by atoms with Crippen LogP contribution in [0, 0.1) is 0 Å². The molecule has 0 spiro atoms. The first-order valence-corrected chi connectivity index (χ1v) is 6.13. The van der Waals surface area contributed by atoms with Crippen molar-refractivity contribution in [3.05, 3.63) is 35.9 Å². The maximum Gasteiger partial charge on any atom is 0.0233 e. The molecule has 0 unspecified atom stereocenters. The second-order valence-electron chi connectivity index (χ2n) is 4.12. The van der Waals surface area contributed by atoms with Crippen LogP contribution in [0.4, 0.5) is 0 Å². The minimum Gasteiger partial charge on any atom is -0.299 e. The summed E-state index contributed by atoms with van der Waals surface area (Å²) < 4.78 is 0. The molecule has 0 heterocycles. The summed E-state index contributed by atoms with van der Waals surface area (Å²) in [7, 11) is 0. The van der Waals surface area contributed by atoms with E-state index in [-0.39, 0.29) is 12.4 Å². The van der Waals surface area contributed by atoms with E-state index in [0.717, 1.165) is 6.54 Å². The summed E-state index contributed by atoms with van der Waals surface area (Å²) in [5.74, 6) is 0. The topological polar surface area (TPSA) is 3.24 Å². The molecule has 16 heavy (non-hydrogen) atoms. The van der Waals surface area contributed by atoms with Crippen LogP contribution in [0.25, 0.3) is 0 Å². The van der Waals surface area contributed by atoms with E-state index in [4.69, 9.17) is 0 Å². The molecule has 0 bridgehead atoms. The largest absolute Gasteiger partial charge is 0.299 e. The lowest BCUT2D eigenvalue weighted by atomic mass is 10.2. The first-order chi connectivity index (χ1) is 7.36. The summed E-state index contributed by atoms with van der Waals surface area (Å²) in [6.45, 7) is 8.07. The lowest BCUT2D eigenvalue weighted by Crippen LogP contribution is -2.25. The van der Waals surface area contributed by atoms with Crippen LogP contribution in [0.15, 0.2) is 30.3 Å². The molecule has 0 radical (unpaired) electrons. The Morgan fingerprint density at radius 1 is 0.938 bits per heavy atom. The minimum atomic E-state index is 0. The van der Waals surface area contributed by atoms with Gasteiger partial charge in [-0.2, -0.15) is 0 Å². The molecule has 0 aliphatic carbocycles. The zero-order valence-electron chi connectivity index (χ0n) is 10.5. The molecule has 0 N–H and O–H groups in total. The lowest BCUT2D eigenvalue weighted by molar-refractivity contribution is 0.262. The molecule has 1 aromatic rings. The van der Waals surface area contributed by atoms with E-state index in [9.17, 15) is 0 Å². The van der Waals surface area contributed by atoms with Crippen LogP contribution in [0.5, 0.6) is 0 Å². The minimum absolute atomic E-state index is 0. The van der Waals surface area contributed by atoms with Crippen molar-refractivity contribution in [2.24, 2.45) is 0 Å². The molecular weight excluding hydrogens is 218 g/mol. The number of rotatable bonds is 7. The van der Waals surface area contributed by atoms with E-state index in [1.807, 2.05) is 0 Å². The zero-order chi connectivity index (χ0) is 10.9. The van der Waals surface area contributed by atoms with E-state index < -0.39 is 0 Å². The van der Waals surface area contributed by atoms with Crippen molar-refractivity contribution < 1.29 is 0 Å². The number of nitrogens with zero attached hydrogens (tertiary/aromatic N) is 1. The number of hydrogen-bond donors (Lipinski definition) is 0. The van der Waals surface area contributed by atoms with E-state index in [0.29, 0.717) is 0 Å². The Labute approximate surface area is 106 Å². The maximum atomic E-state index is 2.55. The summed E-state index contributed by atoms with van der Waals surface area (Å²) in [5, 5.41) is 0. The van der Waals surface area contributed by atoms with Gasteiger partial charge in [0.05, 0.1) is 0 Å². The summed E-state index contributed by atoms with van der Waals surface area (Å²) >= 11 is 0. The monoisotopic (exact) mass is 241 g/mol. The third-order valence-corrected chi connectivity index (χ3v) is 2.62. The number of halogens is 1. The van der Waals surface area contributed by atoms with Crippen LogP contribution >= 0.6 is 12.4 Å². The Morgan fingerprint density at radius 3 is 2.19 bits per heavy atom. The molecule has 0 amide bonds. The molecule has 1 rings (SSSR count). The van der Waals surface area contributed by atoms with Crippen molar-refractivity contribution in [3.63, 3.8) is 0 Å². The van der Waals surface area contributed by atoms with Gasteiger partial charge in [0.2, 0.25) is 0 Å². The van der Waals surface area contributed by atoms with Gasteiger partial charge in [-0.1, -0.05) is 50.6 Å². The summed E-state index contributed by atoms with van der Waals surface area (Å²) in [6, 6.07) is 10.8. The molecule has 0 saturated heterocycles. The summed E-state index contributed by atoms with van der Waals surface area (Å²) in [6.07, 6.45) is 3.85. The molecule has 0 aliphatic heterocycles. The highest BCUT2D eigenvalue weighted by Crippen LogP contribution is 2.06. The van der Waals surface area contributed by atoms with Crippen LogP contribution in [0.2, 0.25) is 0 Å². The van der Waals surface area contributed by atoms with Crippen molar-refractivity contribution in [2.45, 2.75) is 39.7 Å². The molecule has 0 fully saturated rings. The van der Waals surface area contributed by atoms with Crippen molar-refractivity contribution in [2.75, 3.05) is 13.1 Å². The van der Waals surface area contributed by atoms with Crippen LogP contribution in [0.1, 0.15) is 38.7 Å². The second kappa shape index (κ2) is 9.68.